The lowest BCUT2D eigenvalue weighted by atomic mass is 9.91. The summed E-state index contributed by atoms with van der Waals surface area (Å²) < 4.78 is 0. The predicted molar refractivity (Wildman–Crippen MR) is 121 cm³/mol. The minimum absolute atomic E-state index is 0.414. The SMILES string of the molecule is CN(C)c1nc(NC2CCC(NCc3cccc(N)c3)CC2)nc2ccccc12. The van der Waals surface area contributed by atoms with Crippen LogP contribution in [0.25, 0.3) is 10.9 Å². The lowest BCUT2D eigenvalue weighted by molar-refractivity contribution is 0.352. The molecule has 1 fully saturated rings. The van der Waals surface area contributed by atoms with E-state index in [0.717, 1.165) is 60.6 Å². The minimum Gasteiger partial charge on any atom is -0.399 e. The molecule has 0 unspecified atom stereocenters. The van der Waals surface area contributed by atoms with Crippen molar-refractivity contribution in [1.82, 2.24) is 15.3 Å². The van der Waals surface area contributed by atoms with Gasteiger partial charge in [-0.15, -0.1) is 0 Å². The van der Waals surface area contributed by atoms with Crippen LogP contribution in [0.2, 0.25) is 0 Å². The molecule has 1 aliphatic carbocycles. The maximum Gasteiger partial charge on any atom is 0.225 e. The maximum atomic E-state index is 5.87. The van der Waals surface area contributed by atoms with Crippen molar-refractivity contribution in [3.8, 4) is 0 Å². The molecular weight excluding hydrogens is 360 g/mol. The van der Waals surface area contributed by atoms with Crippen LogP contribution in [0.4, 0.5) is 17.5 Å². The molecule has 0 aliphatic heterocycles. The normalized spacial score (nSPS) is 19.2. The van der Waals surface area contributed by atoms with Gasteiger partial charge < -0.3 is 21.3 Å². The summed E-state index contributed by atoms with van der Waals surface area (Å²) in [6.45, 7) is 0.869. The van der Waals surface area contributed by atoms with Crippen molar-refractivity contribution in [3.63, 3.8) is 0 Å². The number of para-hydroxylation sites is 1. The lowest BCUT2D eigenvalue weighted by Crippen LogP contribution is -2.37. The molecule has 3 aromatic rings. The fourth-order valence-electron chi connectivity index (χ4n) is 4.06. The van der Waals surface area contributed by atoms with Gasteiger partial charge in [0.05, 0.1) is 5.52 Å². The molecule has 1 aliphatic rings. The van der Waals surface area contributed by atoms with Gasteiger partial charge in [0.25, 0.3) is 0 Å². The Morgan fingerprint density at radius 2 is 1.72 bits per heavy atom. The van der Waals surface area contributed by atoms with Crippen LogP contribution in [0.5, 0.6) is 0 Å². The van der Waals surface area contributed by atoms with Crippen molar-refractivity contribution in [2.75, 3.05) is 30.0 Å². The van der Waals surface area contributed by atoms with Gasteiger partial charge in [0, 0.05) is 43.8 Å². The summed E-state index contributed by atoms with van der Waals surface area (Å²) in [5, 5.41) is 8.33. The Balaban J connectivity index is 1.35. The summed E-state index contributed by atoms with van der Waals surface area (Å²) in [6, 6.07) is 17.2. The van der Waals surface area contributed by atoms with Gasteiger partial charge in [-0.2, -0.15) is 4.98 Å². The second kappa shape index (κ2) is 8.66. The van der Waals surface area contributed by atoms with E-state index in [0.29, 0.717) is 12.1 Å². The molecule has 2 aromatic carbocycles. The molecule has 1 saturated carbocycles. The number of nitrogen functional groups attached to an aromatic ring is 1. The maximum absolute atomic E-state index is 5.87. The first kappa shape index (κ1) is 19.5. The van der Waals surface area contributed by atoms with Crippen molar-refractivity contribution >= 4 is 28.4 Å². The Bertz CT molecular complexity index is 962. The molecule has 29 heavy (non-hydrogen) atoms. The first-order chi connectivity index (χ1) is 14.1. The zero-order chi connectivity index (χ0) is 20.2. The van der Waals surface area contributed by atoms with Crippen molar-refractivity contribution in [2.45, 2.75) is 44.3 Å². The van der Waals surface area contributed by atoms with Crippen molar-refractivity contribution in [2.24, 2.45) is 0 Å². The Hall–Kier alpha value is -2.86. The van der Waals surface area contributed by atoms with Gasteiger partial charge in [0.2, 0.25) is 5.95 Å². The molecule has 152 valence electrons. The molecule has 6 heteroatoms. The van der Waals surface area contributed by atoms with Crippen molar-refractivity contribution < 1.29 is 0 Å². The first-order valence-corrected chi connectivity index (χ1v) is 10.4. The van der Waals surface area contributed by atoms with E-state index in [1.807, 2.05) is 55.4 Å². The van der Waals surface area contributed by atoms with E-state index in [2.05, 4.69) is 22.8 Å². The minimum atomic E-state index is 0.414. The smallest absolute Gasteiger partial charge is 0.225 e. The Morgan fingerprint density at radius 3 is 2.48 bits per heavy atom. The largest absolute Gasteiger partial charge is 0.399 e. The number of benzene rings is 2. The highest BCUT2D eigenvalue weighted by Gasteiger charge is 2.22. The third-order valence-electron chi connectivity index (χ3n) is 5.61. The molecule has 1 heterocycles. The van der Waals surface area contributed by atoms with Gasteiger partial charge in [-0.1, -0.05) is 24.3 Å². The van der Waals surface area contributed by atoms with Crippen LogP contribution in [0.3, 0.4) is 0 Å². The van der Waals surface area contributed by atoms with E-state index >= 15 is 0 Å². The Kier molecular flexibility index (Phi) is 5.81. The zero-order valence-electron chi connectivity index (χ0n) is 17.2. The number of fused-ring (bicyclic) bond motifs is 1. The topological polar surface area (TPSA) is 79.1 Å². The molecule has 0 radical (unpaired) electrons. The van der Waals surface area contributed by atoms with Crippen LogP contribution in [0, 0.1) is 0 Å². The molecular formula is C23H30N6. The van der Waals surface area contributed by atoms with Crippen LogP contribution < -0.4 is 21.3 Å². The number of hydrogen-bond acceptors (Lipinski definition) is 6. The van der Waals surface area contributed by atoms with E-state index in [4.69, 9.17) is 15.7 Å². The summed E-state index contributed by atoms with van der Waals surface area (Å²) in [5.74, 6) is 1.68. The molecule has 0 atom stereocenters. The van der Waals surface area contributed by atoms with E-state index in [-0.39, 0.29) is 0 Å². The van der Waals surface area contributed by atoms with E-state index in [1.54, 1.807) is 0 Å². The van der Waals surface area contributed by atoms with Crippen molar-refractivity contribution in [1.29, 1.82) is 0 Å². The summed E-state index contributed by atoms with van der Waals surface area (Å²) in [4.78, 5) is 11.6. The van der Waals surface area contributed by atoms with Crippen LogP contribution in [-0.4, -0.2) is 36.1 Å². The second-order valence-electron chi connectivity index (χ2n) is 8.10. The molecule has 6 nitrogen and oxygen atoms in total. The van der Waals surface area contributed by atoms with E-state index in [9.17, 15) is 0 Å². The third-order valence-corrected chi connectivity index (χ3v) is 5.61. The molecule has 0 saturated heterocycles. The molecule has 0 spiro atoms. The van der Waals surface area contributed by atoms with Gasteiger partial charge in [-0.3, -0.25) is 0 Å². The number of nitrogens with zero attached hydrogens (tertiary/aromatic N) is 3. The summed E-state index contributed by atoms with van der Waals surface area (Å²) in [5.41, 5.74) is 8.92. The number of hydrogen-bond donors (Lipinski definition) is 3. The fourth-order valence-corrected chi connectivity index (χ4v) is 4.06. The standard InChI is InChI=1S/C23H30N6/c1-29(2)22-20-8-3-4-9-21(20)27-23(28-22)26-19-12-10-18(11-13-19)25-15-16-6-5-7-17(24)14-16/h3-9,14,18-19,25H,10-13,15,24H2,1-2H3,(H,26,27,28). The highest BCUT2D eigenvalue weighted by molar-refractivity contribution is 5.90. The van der Waals surface area contributed by atoms with E-state index in [1.165, 1.54) is 5.56 Å². The zero-order valence-corrected chi connectivity index (χ0v) is 17.2. The average molecular weight is 391 g/mol. The van der Waals surface area contributed by atoms with Crippen LogP contribution in [0.15, 0.2) is 48.5 Å². The van der Waals surface area contributed by atoms with Gasteiger partial charge in [-0.05, 0) is 55.5 Å². The monoisotopic (exact) mass is 390 g/mol. The lowest BCUT2D eigenvalue weighted by Gasteiger charge is -2.30. The van der Waals surface area contributed by atoms with Gasteiger partial charge in [0.15, 0.2) is 0 Å². The number of aromatic nitrogens is 2. The predicted octanol–water partition coefficient (Wildman–Crippen LogP) is 3.79. The number of rotatable bonds is 6. The molecule has 1 aromatic heterocycles. The van der Waals surface area contributed by atoms with E-state index < -0.39 is 0 Å². The summed E-state index contributed by atoms with van der Waals surface area (Å²) in [6.07, 6.45) is 4.52. The van der Waals surface area contributed by atoms with Gasteiger partial charge in [-0.25, -0.2) is 4.98 Å². The van der Waals surface area contributed by atoms with Gasteiger partial charge in [0.1, 0.15) is 5.82 Å². The number of anilines is 3. The molecule has 4 N–H and O–H groups in total. The van der Waals surface area contributed by atoms with Gasteiger partial charge >= 0.3 is 0 Å². The fraction of sp³-hybridized carbons (Fsp3) is 0.391. The number of nitrogens with one attached hydrogen (secondary N) is 2. The highest BCUT2D eigenvalue weighted by atomic mass is 15.2. The summed E-state index contributed by atoms with van der Waals surface area (Å²) in [7, 11) is 4.05. The Morgan fingerprint density at radius 1 is 0.966 bits per heavy atom. The Labute approximate surface area is 172 Å². The molecule has 4 rings (SSSR count). The van der Waals surface area contributed by atoms with Crippen LogP contribution in [-0.2, 0) is 6.54 Å². The summed E-state index contributed by atoms with van der Waals surface area (Å²) >= 11 is 0. The molecule has 0 bridgehead atoms. The average Bonchev–Trinajstić information content (AvgIpc) is 2.72. The number of nitrogens with two attached hydrogens (primary N) is 1. The highest BCUT2D eigenvalue weighted by Crippen LogP contribution is 2.26. The van der Waals surface area contributed by atoms with Crippen LogP contribution >= 0.6 is 0 Å². The van der Waals surface area contributed by atoms with Crippen molar-refractivity contribution in [3.05, 3.63) is 54.1 Å². The molecule has 0 amide bonds. The first-order valence-electron chi connectivity index (χ1n) is 10.4. The third kappa shape index (κ3) is 4.77. The van der Waals surface area contributed by atoms with Crippen LogP contribution in [0.1, 0.15) is 31.2 Å². The quantitative estimate of drug-likeness (QED) is 0.556. The second-order valence-corrected chi connectivity index (χ2v) is 8.10.